The number of aliphatic hydroxyl groups is 1. The van der Waals surface area contributed by atoms with Gasteiger partial charge in [0.15, 0.2) is 0 Å². The van der Waals surface area contributed by atoms with Gasteiger partial charge in [-0.05, 0) is 44.4 Å². The van der Waals surface area contributed by atoms with Crippen molar-refractivity contribution in [2.45, 2.75) is 45.0 Å². The molecule has 1 N–H and O–H groups in total. The normalized spacial score (nSPS) is 22.6. The van der Waals surface area contributed by atoms with Gasteiger partial charge in [-0.1, -0.05) is 12.1 Å². The number of rotatable bonds is 4. The standard InChI is InChI=1S/C14H20O3/c1-14(2)7-6-13(17-14)10-16-12-5-3-4-11(8-12)9-15/h3-5,8,13,15H,6-7,9-10H2,1-2H3. The third-order valence-corrected chi connectivity index (χ3v) is 3.07. The molecule has 1 saturated heterocycles. The molecule has 0 amide bonds. The zero-order chi connectivity index (χ0) is 12.3. The van der Waals surface area contributed by atoms with Gasteiger partial charge in [-0.2, -0.15) is 0 Å². The lowest BCUT2D eigenvalue weighted by atomic mass is 10.1. The summed E-state index contributed by atoms with van der Waals surface area (Å²) >= 11 is 0. The Labute approximate surface area is 102 Å². The average molecular weight is 236 g/mol. The minimum Gasteiger partial charge on any atom is -0.491 e. The van der Waals surface area contributed by atoms with Crippen LogP contribution in [-0.2, 0) is 11.3 Å². The van der Waals surface area contributed by atoms with Crippen molar-refractivity contribution in [3.8, 4) is 5.75 Å². The Balaban J connectivity index is 1.86. The molecule has 3 heteroatoms. The van der Waals surface area contributed by atoms with E-state index in [1.54, 1.807) is 0 Å². The third-order valence-electron chi connectivity index (χ3n) is 3.07. The highest BCUT2D eigenvalue weighted by Gasteiger charge is 2.31. The smallest absolute Gasteiger partial charge is 0.119 e. The van der Waals surface area contributed by atoms with E-state index in [2.05, 4.69) is 13.8 Å². The van der Waals surface area contributed by atoms with Crippen LogP contribution in [-0.4, -0.2) is 23.4 Å². The van der Waals surface area contributed by atoms with Crippen LogP contribution >= 0.6 is 0 Å². The van der Waals surface area contributed by atoms with E-state index in [4.69, 9.17) is 14.6 Å². The second-order valence-electron chi connectivity index (χ2n) is 5.15. The summed E-state index contributed by atoms with van der Waals surface area (Å²) in [5.74, 6) is 0.796. The topological polar surface area (TPSA) is 38.7 Å². The molecule has 1 unspecified atom stereocenters. The van der Waals surface area contributed by atoms with Crippen molar-refractivity contribution in [1.82, 2.24) is 0 Å². The van der Waals surface area contributed by atoms with Crippen molar-refractivity contribution in [2.24, 2.45) is 0 Å². The molecule has 1 fully saturated rings. The van der Waals surface area contributed by atoms with Gasteiger partial charge >= 0.3 is 0 Å². The van der Waals surface area contributed by atoms with Gasteiger partial charge in [0.25, 0.3) is 0 Å². The number of benzene rings is 1. The number of hydrogen-bond donors (Lipinski definition) is 1. The highest BCUT2D eigenvalue weighted by molar-refractivity contribution is 5.28. The molecule has 1 atom stereocenters. The molecule has 0 spiro atoms. The molecule has 0 aliphatic carbocycles. The Kier molecular flexibility index (Phi) is 3.69. The molecule has 1 aliphatic heterocycles. The molecule has 0 aromatic heterocycles. The quantitative estimate of drug-likeness (QED) is 0.873. The van der Waals surface area contributed by atoms with Crippen molar-refractivity contribution < 1.29 is 14.6 Å². The van der Waals surface area contributed by atoms with Gasteiger partial charge in [0.1, 0.15) is 12.4 Å². The largest absolute Gasteiger partial charge is 0.491 e. The van der Waals surface area contributed by atoms with Crippen LogP contribution in [0.25, 0.3) is 0 Å². The van der Waals surface area contributed by atoms with E-state index < -0.39 is 0 Å². The number of ether oxygens (including phenoxy) is 2. The molecule has 1 aromatic rings. The summed E-state index contributed by atoms with van der Waals surface area (Å²) in [4.78, 5) is 0. The first kappa shape index (κ1) is 12.4. The lowest BCUT2D eigenvalue weighted by Crippen LogP contribution is -2.23. The van der Waals surface area contributed by atoms with Gasteiger partial charge in [-0.3, -0.25) is 0 Å². The van der Waals surface area contributed by atoms with Crippen LogP contribution in [0, 0.1) is 0 Å². The van der Waals surface area contributed by atoms with Gasteiger partial charge in [0.2, 0.25) is 0 Å². The molecule has 1 aromatic carbocycles. The molecular weight excluding hydrogens is 216 g/mol. The van der Waals surface area contributed by atoms with Crippen LogP contribution in [0.4, 0.5) is 0 Å². The van der Waals surface area contributed by atoms with Gasteiger partial charge in [-0.15, -0.1) is 0 Å². The first-order chi connectivity index (χ1) is 8.09. The van der Waals surface area contributed by atoms with E-state index in [1.807, 2.05) is 24.3 Å². The predicted octanol–water partition coefficient (Wildman–Crippen LogP) is 2.52. The zero-order valence-corrected chi connectivity index (χ0v) is 10.5. The molecule has 3 nitrogen and oxygen atoms in total. The fourth-order valence-corrected chi connectivity index (χ4v) is 2.12. The molecule has 0 bridgehead atoms. The SMILES string of the molecule is CC1(C)CCC(COc2cccc(CO)c2)O1. The van der Waals surface area contributed by atoms with Crippen molar-refractivity contribution in [3.63, 3.8) is 0 Å². The molecule has 17 heavy (non-hydrogen) atoms. The first-order valence-corrected chi connectivity index (χ1v) is 6.09. The second-order valence-corrected chi connectivity index (χ2v) is 5.15. The summed E-state index contributed by atoms with van der Waals surface area (Å²) < 4.78 is 11.5. The maximum atomic E-state index is 9.03. The van der Waals surface area contributed by atoms with Gasteiger partial charge < -0.3 is 14.6 Å². The van der Waals surface area contributed by atoms with E-state index in [0.717, 1.165) is 24.2 Å². The predicted molar refractivity (Wildman–Crippen MR) is 66.0 cm³/mol. The maximum Gasteiger partial charge on any atom is 0.119 e. The highest BCUT2D eigenvalue weighted by Crippen LogP contribution is 2.29. The lowest BCUT2D eigenvalue weighted by Gasteiger charge is -2.19. The van der Waals surface area contributed by atoms with Gasteiger partial charge in [0.05, 0.1) is 18.3 Å². The van der Waals surface area contributed by atoms with Gasteiger partial charge in [0, 0.05) is 0 Å². The minimum absolute atomic E-state index is 0.0129. The van der Waals surface area contributed by atoms with Crippen molar-refractivity contribution in [2.75, 3.05) is 6.61 Å². The number of hydrogen-bond acceptors (Lipinski definition) is 3. The Bertz CT molecular complexity index is 373. The summed E-state index contributed by atoms with van der Waals surface area (Å²) in [6, 6.07) is 7.53. The molecule has 1 heterocycles. The molecule has 0 saturated carbocycles. The van der Waals surface area contributed by atoms with Crippen molar-refractivity contribution in [3.05, 3.63) is 29.8 Å². The van der Waals surface area contributed by atoms with Crippen molar-refractivity contribution >= 4 is 0 Å². The Morgan fingerprint density at radius 3 is 2.94 bits per heavy atom. The van der Waals surface area contributed by atoms with E-state index >= 15 is 0 Å². The Morgan fingerprint density at radius 2 is 2.29 bits per heavy atom. The molecule has 1 aliphatic rings. The average Bonchev–Trinajstić information content (AvgIpc) is 2.67. The number of aliphatic hydroxyl groups excluding tert-OH is 1. The summed E-state index contributed by atoms with van der Waals surface area (Å²) in [5.41, 5.74) is 0.858. The minimum atomic E-state index is -0.0129. The molecule has 0 radical (unpaired) electrons. The summed E-state index contributed by atoms with van der Waals surface area (Å²) in [6.45, 7) is 4.85. The Morgan fingerprint density at radius 1 is 1.47 bits per heavy atom. The van der Waals surface area contributed by atoms with E-state index in [9.17, 15) is 0 Å². The van der Waals surface area contributed by atoms with Crippen LogP contribution in [0.2, 0.25) is 0 Å². The van der Waals surface area contributed by atoms with Crippen LogP contribution < -0.4 is 4.74 Å². The summed E-state index contributed by atoms with van der Waals surface area (Å²) in [5, 5.41) is 9.03. The van der Waals surface area contributed by atoms with Crippen LogP contribution in [0.15, 0.2) is 24.3 Å². The van der Waals surface area contributed by atoms with Crippen LogP contribution in [0.3, 0.4) is 0 Å². The highest BCUT2D eigenvalue weighted by atomic mass is 16.6. The lowest BCUT2D eigenvalue weighted by molar-refractivity contribution is -0.0326. The molecule has 94 valence electrons. The van der Waals surface area contributed by atoms with Crippen LogP contribution in [0.5, 0.6) is 5.75 Å². The second kappa shape index (κ2) is 5.07. The Hall–Kier alpha value is -1.06. The monoisotopic (exact) mass is 236 g/mol. The summed E-state index contributed by atoms with van der Waals surface area (Å²) in [6.07, 6.45) is 2.31. The first-order valence-electron chi connectivity index (χ1n) is 6.09. The fraction of sp³-hybridized carbons (Fsp3) is 0.571. The van der Waals surface area contributed by atoms with E-state index in [1.165, 1.54) is 0 Å². The van der Waals surface area contributed by atoms with E-state index in [-0.39, 0.29) is 18.3 Å². The van der Waals surface area contributed by atoms with Crippen LogP contribution in [0.1, 0.15) is 32.3 Å². The van der Waals surface area contributed by atoms with Gasteiger partial charge in [-0.25, -0.2) is 0 Å². The third kappa shape index (κ3) is 3.45. The zero-order valence-electron chi connectivity index (χ0n) is 10.5. The molecule has 2 rings (SSSR count). The maximum absolute atomic E-state index is 9.03. The summed E-state index contributed by atoms with van der Waals surface area (Å²) in [7, 11) is 0. The molecular formula is C14H20O3. The van der Waals surface area contributed by atoms with E-state index in [0.29, 0.717) is 6.61 Å². The fourth-order valence-electron chi connectivity index (χ4n) is 2.12. The van der Waals surface area contributed by atoms with Crippen molar-refractivity contribution in [1.29, 1.82) is 0 Å².